The van der Waals surface area contributed by atoms with E-state index in [9.17, 15) is 9.18 Å². The minimum atomic E-state index is -0.271. The smallest absolute Gasteiger partial charge is 0.254 e. The molecule has 20 heavy (non-hydrogen) atoms. The number of aromatic nitrogens is 1. The highest BCUT2D eigenvalue weighted by atomic mass is 35.5. The van der Waals surface area contributed by atoms with Crippen LogP contribution in [0.3, 0.4) is 0 Å². The van der Waals surface area contributed by atoms with E-state index in [0.717, 1.165) is 5.56 Å². The first kappa shape index (κ1) is 14.5. The number of halogens is 2. The summed E-state index contributed by atoms with van der Waals surface area (Å²) in [5.41, 5.74) is 1.30. The molecular weight excluding hydrogens is 279 g/mol. The fourth-order valence-corrected chi connectivity index (χ4v) is 2.06. The van der Waals surface area contributed by atoms with Crippen molar-refractivity contribution in [2.24, 2.45) is 0 Å². The van der Waals surface area contributed by atoms with Gasteiger partial charge in [-0.1, -0.05) is 23.7 Å². The summed E-state index contributed by atoms with van der Waals surface area (Å²) in [6.45, 7) is 1.88. The third kappa shape index (κ3) is 3.78. The highest BCUT2D eigenvalue weighted by Crippen LogP contribution is 2.13. The van der Waals surface area contributed by atoms with Crippen molar-refractivity contribution < 1.29 is 9.18 Å². The van der Waals surface area contributed by atoms with E-state index in [4.69, 9.17) is 11.6 Å². The summed E-state index contributed by atoms with van der Waals surface area (Å²) >= 11 is 5.94. The number of benzene rings is 1. The number of hydrogen-bond donors (Lipinski definition) is 1. The Hall–Kier alpha value is -1.94. The van der Waals surface area contributed by atoms with Gasteiger partial charge in [0.1, 0.15) is 5.82 Å². The van der Waals surface area contributed by atoms with Gasteiger partial charge < -0.3 is 5.32 Å². The molecule has 1 amide bonds. The zero-order chi connectivity index (χ0) is 14.5. The topological polar surface area (TPSA) is 42.0 Å². The van der Waals surface area contributed by atoms with Crippen molar-refractivity contribution in [3.05, 3.63) is 64.7 Å². The predicted octanol–water partition coefficient (Wildman–Crippen LogP) is 3.24. The second kappa shape index (κ2) is 6.48. The Labute approximate surface area is 121 Å². The zero-order valence-corrected chi connectivity index (χ0v) is 11.7. The number of carbonyl (C=O) groups is 1. The molecule has 1 aromatic heterocycles. The van der Waals surface area contributed by atoms with Gasteiger partial charge in [-0.05, 0) is 37.1 Å². The van der Waals surface area contributed by atoms with Crippen LogP contribution in [0.5, 0.6) is 0 Å². The van der Waals surface area contributed by atoms with E-state index >= 15 is 0 Å². The fourth-order valence-electron chi connectivity index (χ4n) is 1.87. The largest absolute Gasteiger partial charge is 0.349 e. The summed E-state index contributed by atoms with van der Waals surface area (Å²) in [6, 6.07) is 7.69. The van der Waals surface area contributed by atoms with Crippen LogP contribution in [0.15, 0.2) is 42.7 Å². The van der Waals surface area contributed by atoms with Crippen molar-refractivity contribution in [1.29, 1.82) is 0 Å². The molecule has 0 saturated carbocycles. The monoisotopic (exact) mass is 292 g/mol. The normalized spacial score (nSPS) is 11.9. The quantitative estimate of drug-likeness (QED) is 0.940. The molecule has 0 aliphatic heterocycles. The predicted molar refractivity (Wildman–Crippen MR) is 76.3 cm³/mol. The van der Waals surface area contributed by atoms with Crippen molar-refractivity contribution >= 4 is 17.5 Å². The number of pyridine rings is 1. The standard InChI is InChI=1S/C15H14ClFN2O/c1-10(8-11-2-4-12(17)5-3-11)19-15(20)13-9-18-7-6-14(13)16/h2-7,9-10H,8H2,1H3,(H,19,20). The molecule has 1 atom stereocenters. The molecule has 0 bridgehead atoms. The van der Waals surface area contributed by atoms with Crippen LogP contribution in [0.4, 0.5) is 4.39 Å². The minimum Gasteiger partial charge on any atom is -0.349 e. The first-order valence-corrected chi connectivity index (χ1v) is 6.59. The molecule has 0 aliphatic rings. The van der Waals surface area contributed by atoms with Crippen LogP contribution in [0, 0.1) is 5.82 Å². The van der Waals surface area contributed by atoms with Crippen LogP contribution < -0.4 is 5.32 Å². The molecule has 1 N–H and O–H groups in total. The SMILES string of the molecule is CC(Cc1ccc(F)cc1)NC(=O)c1cnccc1Cl. The maximum Gasteiger partial charge on any atom is 0.254 e. The van der Waals surface area contributed by atoms with E-state index in [1.165, 1.54) is 24.5 Å². The van der Waals surface area contributed by atoms with E-state index in [1.807, 2.05) is 6.92 Å². The maximum absolute atomic E-state index is 12.8. The summed E-state index contributed by atoms with van der Waals surface area (Å²) in [6.07, 6.45) is 3.58. The van der Waals surface area contributed by atoms with Gasteiger partial charge in [0.2, 0.25) is 0 Å². The van der Waals surface area contributed by atoms with E-state index < -0.39 is 0 Å². The number of nitrogens with one attached hydrogen (secondary N) is 1. The Bertz CT molecular complexity index is 601. The van der Waals surface area contributed by atoms with Crippen LogP contribution >= 0.6 is 11.6 Å². The average Bonchev–Trinajstić information content (AvgIpc) is 2.41. The second-order valence-corrected chi connectivity index (χ2v) is 4.97. The summed E-state index contributed by atoms with van der Waals surface area (Å²) in [5.74, 6) is -0.537. The van der Waals surface area contributed by atoms with Crippen molar-refractivity contribution in [3.63, 3.8) is 0 Å². The lowest BCUT2D eigenvalue weighted by atomic mass is 10.1. The van der Waals surface area contributed by atoms with E-state index in [-0.39, 0.29) is 17.8 Å². The van der Waals surface area contributed by atoms with Crippen LogP contribution in [0.25, 0.3) is 0 Å². The fraction of sp³-hybridized carbons (Fsp3) is 0.200. The van der Waals surface area contributed by atoms with Gasteiger partial charge in [-0.15, -0.1) is 0 Å². The van der Waals surface area contributed by atoms with Crippen molar-refractivity contribution in [3.8, 4) is 0 Å². The first-order valence-electron chi connectivity index (χ1n) is 6.21. The van der Waals surface area contributed by atoms with Crippen molar-refractivity contribution in [2.75, 3.05) is 0 Å². The number of amides is 1. The first-order chi connectivity index (χ1) is 9.56. The molecule has 3 nitrogen and oxygen atoms in total. The van der Waals surface area contributed by atoms with E-state index in [2.05, 4.69) is 10.3 Å². The molecule has 1 heterocycles. The van der Waals surface area contributed by atoms with Crippen LogP contribution in [-0.4, -0.2) is 16.9 Å². The van der Waals surface area contributed by atoms with Gasteiger partial charge in [0.15, 0.2) is 0 Å². The van der Waals surface area contributed by atoms with E-state index in [0.29, 0.717) is 17.0 Å². The Morgan fingerprint density at radius 3 is 2.70 bits per heavy atom. The van der Waals surface area contributed by atoms with Gasteiger partial charge in [-0.2, -0.15) is 0 Å². The Morgan fingerprint density at radius 2 is 2.05 bits per heavy atom. The molecular formula is C15H14ClFN2O. The lowest BCUT2D eigenvalue weighted by Crippen LogP contribution is -2.34. The van der Waals surface area contributed by atoms with Crippen LogP contribution in [-0.2, 0) is 6.42 Å². The third-order valence-corrected chi connectivity index (χ3v) is 3.17. The van der Waals surface area contributed by atoms with Crippen molar-refractivity contribution in [1.82, 2.24) is 10.3 Å². The molecule has 5 heteroatoms. The van der Waals surface area contributed by atoms with Gasteiger partial charge >= 0.3 is 0 Å². The summed E-state index contributed by atoms with van der Waals surface area (Å²) in [7, 11) is 0. The molecule has 0 spiro atoms. The van der Waals surface area contributed by atoms with Gasteiger partial charge in [-0.3, -0.25) is 9.78 Å². The number of nitrogens with zero attached hydrogens (tertiary/aromatic N) is 1. The third-order valence-electron chi connectivity index (χ3n) is 2.85. The molecule has 0 fully saturated rings. The highest BCUT2D eigenvalue weighted by Gasteiger charge is 2.13. The molecule has 0 aliphatic carbocycles. The molecule has 0 saturated heterocycles. The second-order valence-electron chi connectivity index (χ2n) is 4.56. The summed E-state index contributed by atoms with van der Waals surface area (Å²) in [4.78, 5) is 15.9. The summed E-state index contributed by atoms with van der Waals surface area (Å²) < 4.78 is 12.8. The number of carbonyl (C=O) groups excluding carboxylic acids is 1. The van der Waals surface area contributed by atoms with E-state index in [1.54, 1.807) is 18.2 Å². The molecule has 2 rings (SSSR count). The van der Waals surface area contributed by atoms with Gasteiger partial charge in [0.25, 0.3) is 5.91 Å². The lowest BCUT2D eigenvalue weighted by Gasteiger charge is -2.14. The van der Waals surface area contributed by atoms with Gasteiger partial charge in [-0.25, -0.2) is 4.39 Å². The summed E-state index contributed by atoms with van der Waals surface area (Å²) in [5, 5.41) is 3.21. The van der Waals surface area contributed by atoms with Crippen LogP contribution in [0.2, 0.25) is 5.02 Å². The minimum absolute atomic E-state index is 0.0933. The van der Waals surface area contributed by atoms with Crippen LogP contribution in [0.1, 0.15) is 22.8 Å². The Balaban J connectivity index is 1.98. The highest BCUT2D eigenvalue weighted by molar-refractivity contribution is 6.33. The molecule has 104 valence electrons. The number of rotatable bonds is 4. The zero-order valence-electron chi connectivity index (χ0n) is 10.9. The molecule has 0 radical (unpaired) electrons. The molecule has 1 unspecified atom stereocenters. The lowest BCUT2D eigenvalue weighted by molar-refractivity contribution is 0.0940. The van der Waals surface area contributed by atoms with Gasteiger partial charge in [0.05, 0.1) is 10.6 Å². The molecule has 1 aromatic carbocycles. The average molecular weight is 293 g/mol. The Morgan fingerprint density at radius 1 is 1.35 bits per heavy atom. The van der Waals surface area contributed by atoms with Gasteiger partial charge in [0, 0.05) is 18.4 Å². The number of hydrogen-bond acceptors (Lipinski definition) is 2. The Kier molecular flexibility index (Phi) is 4.69. The maximum atomic E-state index is 12.8. The molecule has 2 aromatic rings. The van der Waals surface area contributed by atoms with Crippen molar-refractivity contribution in [2.45, 2.75) is 19.4 Å².